The van der Waals surface area contributed by atoms with Crippen molar-refractivity contribution >= 4 is 23.5 Å². The summed E-state index contributed by atoms with van der Waals surface area (Å²) in [6.45, 7) is 2.04. The van der Waals surface area contributed by atoms with E-state index < -0.39 is 0 Å². The summed E-state index contributed by atoms with van der Waals surface area (Å²) >= 11 is 6.03. The van der Waals surface area contributed by atoms with E-state index in [1.807, 2.05) is 54.4 Å². The second-order valence-corrected chi connectivity index (χ2v) is 6.37. The van der Waals surface area contributed by atoms with Gasteiger partial charge in [-0.15, -0.1) is 0 Å². The molecule has 138 valence electrons. The molecular weight excluding hydrogens is 348 g/mol. The molecule has 0 aromatic heterocycles. The monoisotopic (exact) mass is 372 g/mol. The normalized spacial score (nSPS) is 11.1. The number of nitrogens with zero attached hydrogens (tertiary/aromatic N) is 2. The number of aliphatic imine (C=N–C) groups is 1. The molecule has 0 bridgehead atoms. The van der Waals surface area contributed by atoms with E-state index in [2.05, 4.69) is 15.6 Å². The summed E-state index contributed by atoms with van der Waals surface area (Å²) < 4.78 is 0. The maximum absolute atomic E-state index is 12.0. The standard InChI is InChI=1S/C20H25ClN4O/c1-22-20(25(2)15-16-8-6-11-18(21)14-16)24-13-7-12-23-19(26)17-9-4-3-5-10-17/h3-6,8-11,14H,7,12-13,15H2,1-2H3,(H,22,24)(H,23,26). The number of hydrogen-bond donors (Lipinski definition) is 2. The van der Waals surface area contributed by atoms with Crippen molar-refractivity contribution in [2.24, 2.45) is 4.99 Å². The van der Waals surface area contributed by atoms with E-state index in [1.165, 1.54) is 0 Å². The number of hydrogen-bond acceptors (Lipinski definition) is 2. The van der Waals surface area contributed by atoms with E-state index in [9.17, 15) is 4.79 Å². The van der Waals surface area contributed by atoms with E-state index >= 15 is 0 Å². The molecule has 1 amide bonds. The van der Waals surface area contributed by atoms with Crippen LogP contribution in [-0.4, -0.2) is 44.0 Å². The van der Waals surface area contributed by atoms with Crippen LogP contribution in [0.25, 0.3) is 0 Å². The lowest BCUT2D eigenvalue weighted by molar-refractivity contribution is 0.0953. The van der Waals surface area contributed by atoms with E-state index in [4.69, 9.17) is 11.6 Å². The number of nitrogens with one attached hydrogen (secondary N) is 2. The van der Waals surface area contributed by atoms with Crippen LogP contribution in [0.3, 0.4) is 0 Å². The molecule has 2 aromatic carbocycles. The molecule has 0 radical (unpaired) electrons. The zero-order valence-electron chi connectivity index (χ0n) is 15.2. The Hall–Kier alpha value is -2.53. The molecule has 6 heteroatoms. The fourth-order valence-corrected chi connectivity index (χ4v) is 2.76. The summed E-state index contributed by atoms with van der Waals surface area (Å²) in [6, 6.07) is 17.0. The molecule has 0 spiro atoms. The van der Waals surface area contributed by atoms with Gasteiger partial charge < -0.3 is 15.5 Å². The van der Waals surface area contributed by atoms with Crippen LogP contribution in [0.15, 0.2) is 59.6 Å². The number of halogens is 1. The van der Waals surface area contributed by atoms with Crippen molar-refractivity contribution in [2.45, 2.75) is 13.0 Å². The zero-order valence-corrected chi connectivity index (χ0v) is 16.0. The van der Waals surface area contributed by atoms with Gasteiger partial charge in [0.1, 0.15) is 0 Å². The average molecular weight is 373 g/mol. The summed E-state index contributed by atoms with van der Waals surface area (Å²) in [4.78, 5) is 18.3. The van der Waals surface area contributed by atoms with Crippen LogP contribution < -0.4 is 10.6 Å². The Morgan fingerprint density at radius 1 is 1.08 bits per heavy atom. The fraction of sp³-hybridized carbons (Fsp3) is 0.300. The van der Waals surface area contributed by atoms with Crippen molar-refractivity contribution in [3.63, 3.8) is 0 Å². The Labute approximate surface area is 160 Å². The SMILES string of the molecule is CN=C(NCCCNC(=O)c1ccccc1)N(C)Cc1cccc(Cl)c1. The number of carbonyl (C=O) groups is 1. The predicted octanol–water partition coefficient (Wildman–Crippen LogP) is 3.17. The lowest BCUT2D eigenvalue weighted by atomic mass is 10.2. The summed E-state index contributed by atoms with van der Waals surface area (Å²) in [5.74, 6) is 0.757. The van der Waals surface area contributed by atoms with Gasteiger partial charge in [-0.1, -0.05) is 41.9 Å². The molecule has 26 heavy (non-hydrogen) atoms. The molecule has 5 nitrogen and oxygen atoms in total. The maximum Gasteiger partial charge on any atom is 0.251 e. The van der Waals surface area contributed by atoms with Gasteiger partial charge in [0, 0.05) is 44.3 Å². The van der Waals surface area contributed by atoms with Gasteiger partial charge >= 0.3 is 0 Å². The van der Waals surface area contributed by atoms with Crippen LogP contribution in [0.2, 0.25) is 5.02 Å². The van der Waals surface area contributed by atoms with E-state index in [0.29, 0.717) is 18.7 Å². The molecule has 0 aliphatic heterocycles. The van der Waals surface area contributed by atoms with Gasteiger partial charge in [-0.25, -0.2) is 0 Å². The number of rotatable bonds is 7. The third-order valence-electron chi connectivity index (χ3n) is 3.84. The molecule has 2 aromatic rings. The summed E-state index contributed by atoms with van der Waals surface area (Å²) in [7, 11) is 3.74. The highest BCUT2D eigenvalue weighted by Gasteiger charge is 2.07. The largest absolute Gasteiger partial charge is 0.356 e. The van der Waals surface area contributed by atoms with Crippen LogP contribution in [0, 0.1) is 0 Å². The van der Waals surface area contributed by atoms with E-state index in [-0.39, 0.29) is 5.91 Å². The first-order valence-electron chi connectivity index (χ1n) is 8.59. The Morgan fingerprint density at radius 3 is 2.50 bits per heavy atom. The molecular formula is C20H25ClN4O. The molecule has 0 atom stereocenters. The maximum atomic E-state index is 12.0. The Balaban J connectivity index is 1.70. The van der Waals surface area contributed by atoms with Gasteiger partial charge in [0.2, 0.25) is 0 Å². The predicted molar refractivity (Wildman–Crippen MR) is 108 cm³/mol. The number of benzene rings is 2. The van der Waals surface area contributed by atoms with Crippen LogP contribution in [0.4, 0.5) is 0 Å². The molecule has 0 fully saturated rings. The highest BCUT2D eigenvalue weighted by molar-refractivity contribution is 6.30. The molecule has 0 unspecified atom stereocenters. The smallest absolute Gasteiger partial charge is 0.251 e. The van der Waals surface area contributed by atoms with Crippen LogP contribution in [0.1, 0.15) is 22.3 Å². The number of carbonyl (C=O) groups excluding carboxylic acids is 1. The summed E-state index contributed by atoms with van der Waals surface area (Å²) in [5.41, 5.74) is 1.80. The van der Waals surface area contributed by atoms with Gasteiger partial charge in [0.25, 0.3) is 5.91 Å². The highest BCUT2D eigenvalue weighted by atomic mass is 35.5. The molecule has 2 rings (SSSR count). The van der Waals surface area contributed by atoms with E-state index in [0.717, 1.165) is 29.5 Å². The molecule has 0 heterocycles. The number of amides is 1. The first-order chi connectivity index (χ1) is 12.6. The second-order valence-electron chi connectivity index (χ2n) is 5.94. The van der Waals surface area contributed by atoms with Gasteiger partial charge in [-0.05, 0) is 36.2 Å². The molecule has 0 aliphatic rings. The summed E-state index contributed by atoms with van der Waals surface area (Å²) in [6.07, 6.45) is 0.808. The quantitative estimate of drug-likeness (QED) is 0.446. The van der Waals surface area contributed by atoms with Crippen molar-refractivity contribution in [2.75, 3.05) is 27.2 Å². The second kappa shape index (κ2) is 10.5. The minimum absolute atomic E-state index is 0.0481. The first-order valence-corrected chi connectivity index (χ1v) is 8.97. The molecule has 0 saturated heterocycles. The van der Waals surface area contributed by atoms with E-state index in [1.54, 1.807) is 19.2 Å². The summed E-state index contributed by atoms with van der Waals surface area (Å²) in [5, 5.41) is 6.96. The third-order valence-corrected chi connectivity index (χ3v) is 4.08. The van der Waals surface area contributed by atoms with Gasteiger partial charge in [0.15, 0.2) is 5.96 Å². The van der Waals surface area contributed by atoms with Crippen molar-refractivity contribution in [3.8, 4) is 0 Å². The van der Waals surface area contributed by atoms with Crippen molar-refractivity contribution < 1.29 is 4.79 Å². The third kappa shape index (κ3) is 6.41. The molecule has 0 saturated carbocycles. The minimum Gasteiger partial charge on any atom is -0.356 e. The topological polar surface area (TPSA) is 56.7 Å². The lowest BCUT2D eigenvalue weighted by Crippen LogP contribution is -2.39. The van der Waals surface area contributed by atoms with Crippen molar-refractivity contribution in [3.05, 3.63) is 70.7 Å². The van der Waals surface area contributed by atoms with Gasteiger partial charge in [-0.3, -0.25) is 9.79 Å². The fourth-order valence-electron chi connectivity index (χ4n) is 2.55. The minimum atomic E-state index is -0.0481. The molecule has 2 N–H and O–H groups in total. The Bertz CT molecular complexity index is 734. The molecule has 0 aliphatic carbocycles. The Morgan fingerprint density at radius 2 is 1.81 bits per heavy atom. The Kier molecular flexibility index (Phi) is 7.96. The van der Waals surface area contributed by atoms with Crippen LogP contribution in [-0.2, 0) is 6.54 Å². The lowest BCUT2D eigenvalue weighted by Gasteiger charge is -2.22. The zero-order chi connectivity index (χ0) is 18.8. The highest BCUT2D eigenvalue weighted by Crippen LogP contribution is 2.12. The first kappa shape index (κ1) is 19.8. The van der Waals surface area contributed by atoms with Crippen molar-refractivity contribution in [1.82, 2.24) is 15.5 Å². The van der Waals surface area contributed by atoms with Gasteiger partial charge in [0.05, 0.1) is 0 Å². The number of guanidine groups is 1. The van der Waals surface area contributed by atoms with Crippen LogP contribution >= 0.6 is 11.6 Å². The van der Waals surface area contributed by atoms with Crippen LogP contribution in [0.5, 0.6) is 0 Å². The van der Waals surface area contributed by atoms with Crippen molar-refractivity contribution in [1.29, 1.82) is 0 Å². The van der Waals surface area contributed by atoms with Gasteiger partial charge in [-0.2, -0.15) is 0 Å². The average Bonchev–Trinajstić information content (AvgIpc) is 2.65.